The van der Waals surface area contributed by atoms with Gasteiger partial charge in [-0.3, -0.25) is 4.40 Å². The molecule has 0 aliphatic heterocycles. The fourth-order valence-corrected chi connectivity index (χ4v) is 4.03. The number of thiazole rings is 1. The third kappa shape index (κ3) is 2.18. The fraction of sp³-hybridized carbons (Fsp3) is 0.0625. The van der Waals surface area contributed by atoms with E-state index < -0.39 is 0 Å². The number of rotatable bonds is 3. The second-order valence-electron chi connectivity index (χ2n) is 4.63. The lowest BCUT2D eigenvalue weighted by Crippen LogP contribution is -1.84. The molecule has 4 rings (SSSR count). The third-order valence-electron chi connectivity index (χ3n) is 3.28. The predicted molar refractivity (Wildman–Crippen MR) is 86.1 cm³/mol. The molecular formula is C16H12N2OS2. The van der Waals surface area contributed by atoms with Crippen molar-refractivity contribution in [2.45, 2.75) is 16.8 Å². The normalized spacial score (nSPS) is 11.3. The van der Waals surface area contributed by atoms with E-state index in [0.29, 0.717) is 0 Å². The fourth-order valence-electron chi connectivity index (χ4n) is 2.23. The molecule has 0 atom stereocenters. The minimum atomic E-state index is 0.934. The van der Waals surface area contributed by atoms with E-state index in [2.05, 4.69) is 28.1 Å². The zero-order chi connectivity index (χ0) is 14.2. The summed E-state index contributed by atoms with van der Waals surface area (Å²) < 4.78 is 7.55. The molecular weight excluding hydrogens is 300 g/mol. The van der Waals surface area contributed by atoms with Crippen molar-refractivity contribution in [1.29, 1.82) is 0 Å². The molecule has 0 radical (unpaired) electrons. The molecule has 0 aliphatic rings. The van der Waals surface area contributed by atoms with Crippen molar-refractivity contribution in [3.63, 3.8) is 0 Å². The van der Waals surface area contributed by atoms with Crippen LogP contribution in [0.1, 0.15) is 5.76 Å². The number of aryl methyl sites for hydroxylation is 1. The zero-order valence-corrected chi connectivity index (χ0v) is 12.9. The van der Waals surface area contributed by atoms with E-state index in [1.807, 2.05) is 31.2 Å². The molecule has 0 aliphatic carbocycles. The lowest BCUT2D eigenvalue weighted by molar-refractivity contribution is 0.527. The summed E-state index contributed by atoms with van der Waals surface area (Å²) >= 11 is 3.35. The number of hydrogen-bond acceptors (Lipinski definition) is 4. The Kier molecular flexibility index (Phi) is 3.09. The Bertz CT molecular complexity index is 889. The Balaban J connectivity index is 1.89. The average molecular weight is 312 g/mol. The van der Waals surface area contributed by atoms with Gasteiger partial charge in [0.15, 0.2) is 4.96 Å². The molecule has 0 fully saturated rings. The number of furan rings is 1. The number of fused-ring (bicyclic) bond motifs is 1. The molecule has 21 heavy (non-hydrogen) atoms. The first-order valence-electron chi connectivity index (χ1n) is 6.56. The summed E-state index contributed by atoms with van der Waals surface area (Å²) in [5.41, 5.74) is 2.16. The average Bonchev–Trinajstić information content (AvgIpc) is 3.19. The van der Waals surface area contributed by atoms with Gasteiger partial charge in [-0.1, -0.05) is 42.1 Å². The maximum absolute atomic E-state index is 5.40. The van der Waals surface area contributed by atoms with Crippen LogP contribution in [0.15, 0.2) is 68.6 Å². The molecule has 0 amide bonds. The maximum Gasteiger partial charge on any atom is 0.195 e. The van der Waals surface area contributed by atoms with Gasteiger partial charge in [0.25, 0.3) is 0 Å². The molecule has 0 unspecified atom stereocenters. The van der Waals surface area contributed by atoms with Crippen LogP contribution < -0.4 is 0 Å². The van der Waals surface area contributed by atoms with Gasteiger partial charge in [-0.25, -0.2) is 4.98 Å². The van der Waals surface area contributed by atoms with E-state index in [0.717, 1.165) is 31.9 Å². The Hall–Kier alpha value is -1.98. The van der Waals surface area contributed by atoms with Gasteiger partial charge < -0.3 is 4.42 Å². The van der Waals surface area contributed by atoms with Crippen LogP contribution in [0.3, 0.4) is 0 Å². The second kappa shape index (κ2) is 5.09. The van der Waals surface area contributed by atoms with E-state index in [9.17, 15) is 0 Å². The lowest BCUT2D eigenvalue weighted by Gasteiger charge is -2.03. The lowest BCUT2D eigenvalue weighted by atomic mass is 10.2. The van der Waals surface area contributed by atoms with Crippen LogP contribution in [0.4, 0.5) is 0 Å². The minimum Gasteiger partial charge on any atom is -0.468 e. The van der Waals surface area contributed by atoms with Crippen LogP contribution in [0.5, 0.6) is 0 Å². The first-order valence-corrected chi connectivity index (χ1v) is 8.25. The van der Waals surface area contributed by atoms with Crippen LogP contribution >= 0.6 is 23.1 Å². The first-order chi connectivity index (χ1) is 10.3. The van der Waals surface area contributed by atoms with Gasteiger partial charge in [-0.05, 0) is 13.0 Å². The van der Waals surface area contributed by atoms with Crippen LogP contribution in [0, 0.1) is 6.92 Å². The van der Waals surface area contributed by atoms with Gasteiger partial charge in [0.05, 0.1) is 11.2 Å². The molecule has 3 aromatic heterocycles. The number of nitrogens with zero attached hydrogens (tertiary/aromatic N) is 2. The van der Waals surface area contributed by atoms with Crippen molar-refractivity contribution in [2.75, 3.05) is 0 Å². The number of hydrogen-bond donors (Lipinski definition) is 0. The van der Waals surface area contributed by atoms with Crippen molar-refractivity contribution in [1.82, 2.24) is 9.38 Å². The molecule has 1 aromatic carbocycles. The summed E-state index contributed by atoms with van der Waals surface area (Å²) in [4.78, 5) is 6.92. The van der Waals surface area contributed by atoms with Gasteiger partial charge in [0.1, 0.15) is 16.5 Å². The molecule has 0 bridgehead atoms. The van der Waals surface area contributed by atoms with Crippen LogP contribution in [-0.4, -0.2) is 9.38 Å². The van der Waals surface area contributed by atoms with Crippen LogP contribution in [0.2, 0.25) is 0 Å². The van der Waals surface area contributed by atoms with E-state index >= 15 is 0 Å². The topological polar surface area (TPSA) is 30.4 Å². The summed E-state index contributed by atoms with van der Waals surface area (Å²) in [7, 11) is 0. The molecule has 5 heteroatoms. The van der Waals surface area contributed by atoms with Crippen molar-refractivity contribution in [3.8, 4) is 11.3 Å². The molecule has 0 spiro atoms. The molecule has 3 nitrogen and oxygen atoms in total. The summed E-state index contributed by atoms with van der Waals surface area (Å²) in [6, 6.07) is 12.3. The Morgan fingerprint density at radius 3 is 2.81 bits per heavy atom. The summed E-state index contributed by atoms with van der Waals surface area (Å²) in [5, 5.41) is 3.19. The highest BCUT2D eigenvalue weighted by Gasteiger charge is 2.17. The summed E-state index contributed by atoms with van der Waals surface area (Å²) in [6.07, 6.45) is 3.79. The monoisotopic (exact) mass is 312 g/mol. The number of imidazole rings is 1. The van der Waals surface area contributed by atoms with E-state index in [1.54, 1.807) is 29.4 Å². The highest BCUT2D eigenvalue weighted by Crippen LogP contribution is 2.38. The van der Waals surface area contributed by atoms with E-state index in [1.165, 1.54) is 0 Å². The molecule has 0 saturated carbocycles. The van der Waals surface area contributed by atoms with Gasteiger partial charge in [0, 0.05) is 17.1 Å². The summed E-state index contributed by atoms with van der Waals surface area (Å²) in [6.45, 7) is 1.98. The third-order valence-corrected chi connectivity index (χ3v) is 5.27. The molecule has 0 N–H and O–H groups in total. The molecule has 104 valence electrons. The van der Waals surface area contributed by atoms with E-state index in [4.69, 9.17) is 9.40 Å². The van der Waals surface area contributed by atoms with Crippen molar-refractivity contribution >= 4 is 28.1 Å². The highest BCUT2D eigenvalue weighted by molar-refractivity contribution is 7.99. The van der Waals surface area contributed by atoms with Crippen LogP contribution in [-0.2, 0) is 0 Å². The van der Waals surface area contributed by atoms with Gasteiger partial charge in [0.2, 0.25) is 0 Å². The van der Waals surface area contributed by atoms with Gasteiger partial charge in [-0.15, -0.1) is 11.3 Å². The van der Waals surface area contributed by atoms with Crippen molar-refractivity contribution in [2.24, 2.45) is 0 Å². The SMILES string of the molecule is Cc1occc1Sc1c(-c2ccccc2)nc2sccn12. The van der Waals surface area contributed by atoms with Gasteiger partial charge >= 0.3 is 0 Å². The van der Waals surface area contributed by atoms with Crippen molar-refractivity contribution in [3.05, 3.63) is 60.0 Å². The standard InChI is InChI=1S/C16H12N2OS2/c1-11-13(7-9-19-11)21-15-14(12-5-3-2-4-6-12)17-16-18(15)8-10-20-16/h2-10H,1H3. The van der Waals surface area contributed by atoms with Gasteiger partial charge in [-0.2, -0.15) is 0 Å². The molecule has 3 heterocycles. The second-order valence-corrected chi connectivity index (χ2v) is 6.53. The predicted octanol–water partition coefficient (Wildman–Crippen LogP) is 5.12. The molecule has 0 saturated heterocycles. The quantitative estimate of drug-likeness (QED) is 0.526. The minimum absolute atomic E-state index is 0.934. The number of aromatic nitrogens is 2. The Morgan fingerprint density at radius 1 is 1.19 bits per heavy atom. The van der Waals surface area contributed by atoms with Crippen molar-refractivity contribution < 1.29 is 4.42 Å². The maximum atomic E-state index is 5.40. The first kappa shape index (κ1) is 12.7. The van der Waals surface area contributed by atoms with Crippen LogP contribution in [0.25, 0.3) is 16.2 Å². The Morgan fingerprint density at radius 2 is 2.05 bits per heavy atom. The molecule has 4 aromatic rings. The Labute approximate surface area is 130 Å². The summed E-state index contributed by atoms with van der Waals surface area (Å²) in [5.74, 6) is 0.934. The smallest absolute Gasteiger partial charge is 0.195 e. The highest BCUT2D eigenvalue weighted by atomic mass is 32.2. The largest absolute Gasteiger partial charge is 0.468 e. The zero-order valence-electron chi connectivity index (χ0n) is 11.3. The number of benzene rings is 1. The van der Waals surface area contributed by atoms with E-state index in [-0.39, 0.29) is 0 Å².